The quantitative estimate of drug-likeness (QED) is 0.525. The van der Waals surface area contributed by atoms with Gasteiger partial charge in [-0.2, -0.15) is 0 Å². The summed E-state index contributed by atoms with van der Waals surface area (Å²) in [7, 11) is 0. The first-order chi connectivity index (χ1) is 17.4. The molecule has 5 rings (SSSR count). The van der Waals surface area contributed by atoms with Gasteiger partial charge in [0.1, 0.15) is 17.2 Å². The molecule has 0 fully saturated rings. The van der Waals surface area contributed by atoms with Crippen LogP contribution in [0, 0.1) is 30.2 Å². The molecule has 0 unspecified atom stereocenters. The highest BCUT2D eigenvalue weighted by Crippen LogP contribution is 2.40. The average molecular weight is 515 g/mol. The normalized spacial score (nSPS) is 18.2. The Hall–Kier alpha value is -4.15. The van der Waals surface area contributed by atoms with Gasteiger partial charge in [0, 0.05) is 31.4 Å². The second kappa shape index (κ2) is 8.46. The van der Waals surface area contributed by atoms with E-state index in [1.165, 1.54) is 16.4 Å². The van der Waals surface area contributed by atoms with Crippen LogP contribution in [-0.2, 0) is 18.5 Å². The maximum absolute atomic E-state index is 14.3. The number of amides is 2. The number of benzene rings is 2. The number of carbonyl (C=O) groups excluding carboxylic acids is 2. The van der Waals surface area contributed by atoms with Crippen LogP contribution in [-0.4, -0.2) is 39.5 Å². The zero-order valence-electron chi connectivity index (χ0n) is 19.8. The standard InChI is InChI=1S/C26H21F4N3O4/c1-12-5-17(27)14(18(28)6-12)9-31-24(36)15-10-33-21(23(35)22(15)34)25(37)32-4-3-13-7-19(29)20(30)8-16(13)26(33,2)11-32/h5-8,10,35H,3-4,9,11H2,1-2H3,(H,31,36)/t26-/m1/s1. The molecule has 1 aromatic heterocycles. The minimum absolute atomic E-state index is 0.0000636. The Morgan fingerprint density at radius 1 is 1.05 bits per heavy atom. The number of aromatic nitrogens is 1. The largest absolute Gasteiger partial charge is 0.503 e. The first-order valence-corrected chi connectivity index (χ1v) is 11.4. The highest BCUT2D eigenvalue weighted by Gasteiger charge is 2.46. The van der Waals surface area contributed by atoms with Gasteiger partial charge in [-0.1, -0.05) is 0 Å². The third-order valence-corrected chi connectivity index (χ3v) is 7.04. The summed E-state index contributed by atoms with van der Waals surface area (Å²) in [5.74, 6) is -6.66. The van der Waals surface area contributed by atoms with Gasteiger partial charge in [-0.05, 0) is 61.2 Å². The van der Waals surface area contributed by atoms with Gasteiger partial charge in [0.2, 0.25) is 5.43 Å². The van der Waals surface area contributed by atoms with E-state index in [9.17, 15) is 37.1 Å². The van der Waals surface area contributed by atoms with Crippen LogP contribution in [0.2, 0.25) is 0 Å². The van der Waals surface area contributed by atoms with Gasteiger partial charge >= 0.3 is 0 Å². The highest BCUT2D eigenvalue weighted by molar-refractivity contribution is 5.99. The molecule has 11 heteroatoms. The maximum Gasteiger partial charge on any atom is 0.274 e. The summed E-state index contributed by atoms with van der Waals surface area (Å²) in [5, 5.41) is 13.0. The summed E-state index contributed by atoms with van der Waals surface area (Å²) in [6, 6.07) is 4.23. The SMILES string of the molecule is Cc1cc(F)c(CNC(=O)c2cn3c(c(O)c2=O)C(=O)N2CCc4cc(F)c(F)cc4[C@@]3(C)C2)c(F)c1. The summed E-state index contributed by atoms with van der Waals surface area (Å²) in [4.78, 5) is 40.4. The highest BCUT2D eigenvalue weighted by atomic mass is 19.2. The van der Waals surface area contributed by atoms with Crippen molar-refractivity contribution in [1.29, 1.82) is 0 Å². The van der Waals surface area contributed by atoms with E-state index in [1.54, 1.807) is 6.92 Å². The Bertz CT molecular complexity index is 1550. The second-order valence-corrected chi connectivity index (χ2v) is 9.50. The first kappa shape index (κ1) is 24.5. The number of pyridine rings is 1. The molecule has 3 heterocycles. The molecule has 2 bridgehead atoms. The van der Waals surface area contributed by atoms with Gasteiger partial charge in [-0.25, -0.2) is 17.6 Å². The summed E-state index contributed by atoms with van der Waals surface area (Å²) >= 11 is 0. The van der Waals surface area contributed by atoms with Crippen molar-refractivity contribution < 1.29 is 32.3 Å². The van der Waals surface area contributed by atoms with Crippen LogP contribution in [0.25, 0.3) is 0 Å². The Kier molecular flexibility index (Phi) is 5.61. The van der Waals surface area contributed by atoms with E-state index in [0.29, 0.717) is 16.7 Å². The Morgan fingerprint density at radius 2 is 1.70 bits per heavy atom. The molecule has 192 valence electrons. The van der Waals surface area contributed by atoms with Crippen molar-refractivity contribution in [3.05, 3.63) is 97.5 Å². The lowest BCUT2D eigenvalue weighted by Crippen LogP contribution is -2.53. The molecule has 1 atom stereocenters. The van der Waals surface area contributed by atoms with Gasteiger partial charge in [0.15, 0.2) is 23.1 Å². The lowest BCUT2D eigenvalue weighted by molar-refractivity contribution is 0.0623. The molecule has 37 heavy (non-hydrogen) atoms. The Balaban J connectivity index is 1.62. The van der Waals surface area contributed by atoms with Crippen LogP contribution in [0.4, 0.5) is 17.6 Å². The molecule has 0 spiro atoms. The van der Waals surface area contributed by atoms with Gasteiger partial charge in [-0.3, -0.25) is 14.4 Å². The lowest BCUT2D eigenvalue weighted by Gasteiger charge is -2.42. The molecule has 2 aliphatic heterocycles. The van der Waals surface area contributed by atoms with Crippen molar-refractivity contribution in [2.45, 2.75) is 32.4 Å². The van der Waals surface area contributed by atoms with Crippen molar-refractivity contribution in [3.8, 4) is 5.75 Å². The van der Waals surface area contributed by atoms with Crippen LogP contribution < -0.4 is 10.7 Å². The van der Waals surface area contributed by atoms with Crippen molar-refractivity contribution >= 4 is 11.8 Å². The summed E-state index contributed by atoms with van der Waals surface area (Å²) < 4.78 is 58.0. The fourth-order valence-electron chi connectivity index (χ4n) is 5.14. The summed E-state index contributed by atoms with van der Waals surface area (Å²) in [5.41, 5.74) is -2.76. The van der Waals surface area contributed by atoms with Crippen molar-refractivity contribution in [2.75, 3.05) is 13.1 Å². The molecule has 3 aromatic rings. The summed E-state index contributed by atoms with van der Waals surface area (Å²) in [6.45, 7) is 2.66. The third kappa shape index (κ3) is 3.76. The zero-order valence-corrected chi connectivity index (χ0v) is 19.8. The number of hydrogen-bond donors (Lipinski definition) is 2. The van der Waals surface area contributed by atoms with E-state index < -0.39 is 75.2 Å². The topological polar surface area (TPSA) is 91.6 Å². The Labute approximate surface area is 207 Å². The predicted octanol–water partition coefficient (Wildman–Crippen LogP) is 3.12. The number of hydrogen-bond acceptors (Lipinski definition) is 4. The number of nitrogens with zero attached hydrogens (tertiary/aromatic N) is 2. The third-order valence-electron chi connectivity index (χ3n) is 7.04. The number of nitrogens with one attached hydrogen (secondary N) is 1. The van der Waals surface area contributed by atoms with Crippen molar-refractivity contribution in [3.63, 3.8) is 0 Å². The Morgan fingerprint density at radius 3 is 2.38 bits per heavy atom. The van der Waals surface area contributed by atoms with Crippen LogP contribution in [0.15, 0.2) is 35.3 Å². The molecule has 0 saturated carbocycles. The minimum atomic E-state index is -1.28. The molecule has 2 aromatic carbocycles. The maximum atomic E-state index is 14.3. The lowest BCUT2D eigenvalue weighted by atomic mass is 9.85. The van der Waals surface area contributed by atoms with Gasteiger partial charge in [0.25, 0.3) is 11.8 Å². The fourth-order valence-corrected chi connectivity index (χ4v) is 5.14. The van der Waals surface area contributed by atoms with E-state index >= 15 is 0 Å². The van der Waals surface area contributed by atoms with E-state index in [-0.39, 0.29) is 19.5 Å². The average Bonchev–Trinajstić information content (AvgIpc) is 2.95. The van der Waals surface area contributed by atoms with E-state index in [1.807, 2.05) is 0 Å². The second-order valence-electron chi connectivity index (χ2n) is 9.50. The summed E-state index contributed by atoms with van der Waals surface area (Å²) in [6.07, 6.45) is 1.26. The molecule has 2 aliphatic rings. The molecule has 7 nitrogen and oxygen atoms in total. The van der Waals surface area contributed by atoms with E-state index in [0.717, 1.165) is 30.5 Å². The van der Waals surface area contributed by atoms with Crippen molar-refractivity contribution in [2.24, 2.45) is 0 Å². The molecule has 0 aliphatic carbocycles. The van der Waals surface area contributed by atoms with Gasteiger partial charge < -0.3 is 19.9 Å². The number of aryl methyl sites for hydroxylation is 1. The monoisotopic (exact) mass is 515 g/mol. The number of halogens is 4. The van der Waals surface area contributed by atoms with E-state index in [4.69, 9.17) is 0 Å². The number of fused-ring (bicyclic) bond motifs is 6. The predicted molar refractivity (Wildman–Crippen MR) is 123 cm³/mol. The smallest absolute Gasteiger partial charge is 0.274 e. The van der Waals surface area contributed by atoms with E-state index in [2.05, 4.69) is 5.32 Å². The number of aromatic hydroxyl groups is 1. The minimum Gasteiger partial charge on any atom is -0.503 e. The number of carbonyl (C=O) groups is 2. The molecule has 2 N–H and O–H groups in total. The molecule has 0 radical (unpaired) electrons. The van der Waals surface area contributed by atoms with Crippen LogP contribution in [0.3, 0.4) is 0 Å². The first-order valence-electron chi connectivity index (χ1n) is 11.4. The van der Waals surface area contributed by atoms with Crippen LogP contribution >= 0.6 is 0 Å². The van der Waals surface area contributed by atoms with Gasteiger partial charge in [-0.15, -0.1) is 0 Å². The van der Waals surface area contributed by atoms with Gasteiger partial charge in [0.05, 0.1) is 5.54 Å². The van der Waals surface area contributed by atoms with Crippen molar-refractivity contribution in [1.82, 2.24) is 14.8 Å². The number of rotatable bonds is 3. The van der Waals surface area contributed by atoms with Crippen LogP contribution in [0.5, 0.6) is 5.75 Å². The zero-order chi connectivity index (χ0) is 26.8. The fraction of sp³-hybridized carbons (Fsp3) is 0.269. The van der Waals surface area contributed by atoms with Crippen LogP contribution in [0.1, 0.15) is 50.0 Å². The molecule has 0 saturated heterocycles. The molecule has 2 amide bonds. The molecular weight excluding hydrogens is 494 g/mol. The molecular formula is C26H21F4N3O4.